The van der Waals surface area contributed by atoms with E-state index in [0.717, 1.165) is 12.8 Å². The Morgan fingerprint density at radius 3 is 2.81 bits per heavy atom. The van der Waals surface area contributed by atoms with Gasteiger partial charge in [-0.25, -0.2) is 22.6 Å². The number of hydrogen-bond donors (Lipinski definition) is 1. The molecule has 0 spiro atoms. The van der Waals surface area contributed by atoms with Crippen LogP contribution in [0.5, 0.6) is 5.75 Å². The molecule has 1 N–H and O–H groups in total. The molecule has 4 rings (SSSR count). The fraction of sp³-hybridized carbons (Fsp3) is 0.476. The van der Waals surface area contributed by atoms with Crippen LogP contribution in [0.3, 0.4) is 0 Å². The molecule has 9 nitrogen and oxygen atoms in total. The number of oxazole rings is 1. The van der Waals surface area contributed by atoms with Gasteiger partial charge in [0.2, 0.25) is 11.8 Å². The first-order valence-electron chi connectivity index (χ1n) is 10.3. The number of imide groups is 1. The summed E-state index contributed by atoms with van der Waals surface area (Å²) in [6.45, 7) is 2.14. The highest BCUT2D eigenvalue weighted by atomic mass is 32.2. The van der Waals surface area contributed by atoms with Crippen molar-refractivity contribution >= 4 is 21.8 Å². The van der Waals surface area contributed by atoms with Gasteiger partial charge in [0.25, 0.3) is 0 Å². The van der Waals surface area contributed by atoms with Gasteiger partial charge < -0.3 is 14.1 Å². The summed E-state index contributed by atoms with van der Waals surface area (Å²) in [4.78, 5) is 28.1. The highest BCUT2D eigenvalue weighted by Gasteiger charge is 2.28. The topological polar surface area (TPSA) is 119 Å². The largest absolute Gasteiger partial charge is 0.490 e. The molecule has 32 heavy (non-hydrogen) atoms. The summed E-state index contributed by atoms with van der Waals surface area (Å²) in [5.41, 5.74) is 0.665. The summed E-state index contributed by atoms with van der Waals surface area (Å²) in [6, 6.07) is 3.88. The van der Waals surface area contributed by atoms with E-state index in [-0.39, 0.29) is 36.2 Å². The number of urea groups is 1. The second-order valence-corrected chi connectivity index (χ2v) is 10.4. The standard InChI is InChI=1S/C21H24FN3O6S/c1-13(15-4-5-17(22)18(6-15)30-10-14-2-3-14)11-32(28,29)12-20-23-7-16(31-20)8-25-9-19(26)24-21(25)27/h4-7,13-14H,2-3,8-12H2,1H3,(H,24,26,27)/t13-/m0/s1. The Morgan fingerprint density at radius 1 is 1.34 bits per heavy atom. The number of hydrogen-bond acceptors (Lipinski definition) is 7. The van der Waals surface area contributed by atoms with Crippen molar-refractivity contribution < 1.29 is 31.6 Å². The van der Waals surface area contributed by atoms with E-state index in [1.165, 1.54) is 17.2 Å². The summed E-state index contributed by atoms with van der Waals surface area (Å²) < 4.78 is 50.4. The normalized spacial score (nSPS) is 17.5. The molecule has 11 heteroatoms. The van der Waals surface area contributed by atoms with Gasteiger partial charge in [-0.15, -0.1) is 0 Å². The van der Waals surface area contributed by atoms with Crippen LogP contribution in [0.2, 0.25) is 0 Å². The molecule has 1 aliphatic carbocycles. The molecule has 1 saturated carbocycles. The highest BCUT2D eigenvalue weighted by Crippen LogP contribution is 2.31. The molecule has 1 aromatic heterocycles. The summed E-state index contributed by atoms with van der Waals surface area (Å²) in [6.07, 6.45) is 3.51. The van der Waals surface area contributed by atoms with E-state index in [1.807, 2.05) is 0 Å². The first-order valence-corrected chi connectivity index (χ1v) is 12.2. The maximum absolute atomic E-state index is 14.0. The maximum atomic E-state index is 14.0. The Balaban J connectivity index is 1.36. The lowest BCUT2D eigenvalue weighted by atomic mass is 10.0. The van der Waals surface area contributed by atoms with Crippen LogP contribution >= 0.6 is 0 Å². The smallest absolute Gasteiger partial charge is 0.324 e. The second kappa shape index (κ2) is 8.89. The summed E-state index contributed by atoms with van der Waals surface area (Å²) in [7, 11) is -3.59. The molecule has 3 amide bonds. The number of carbonyl (C=O) groups is 2. The number of amides is 3. The quantitative estimate of drug-likeness (QED) is 0.535. The molecule has 2 heterocycles. The number of carbonyl (C=O) groups excluding carboxylic acids is 2. The number of aromatic nitrogens is 1. The van der Waals surface area contributed by atoms with Crippen LogP contribution in [0.4, 0.5) is 9.18 Å². The van der Waals surface area contributed by atoms with Crippen LogP contribution < -0.4 is 10.1 Å². The number of nitrogens with zero attached hydrogens (tertiary/aromatic N) is 2. The van der Waals surface area contributed by atoms with Gasteiger partial charge in [-0.3, -0.25) is 10.1 Å². The monoisotopic (exact) mass is 465 g/mol. The van der Waals surface area contributed by atoms with Crippen molar-refractivity contribution in [2.75, 3.05) is 18.9 Å². The van der Waals surface area contributed by atoms with Gasteiger partial charge in [0, 0.05) is 0 Å². The number of halogens is 1. The van der Waals surface area contributed by atoms with E-state index >= 15 is 0 Å². The van der Waals surface area contributed by atoms with Crippen molar-refractivity contribution in [3.05, 3.63) is 47.4 Å². The van der Waals surface area contributed by atoms with Gasteiger partial charge in [-0.1, -0.05) is 13.0 Å². The maximum Gasteiger partial charge on any atom is 0.324 e. The van der Waals surface area contributed by atoms with Gasteiger partial charge in [0.05, 0.1) is 25.1 Å². The van der Waals surface area contributed by atoms with Crippen LogP contribution in [-0.4, -0.2) is 49.1 Å². The van der Waals surface area contributed by atoms with Crippen molar-refractivity contribution in [3.63, 3.8) is 0 Å². The minimum Gasteiger partial charge on any atom is -0.490 e. The fourth-order valence-electron chi connectivity index (χ4n) is 3.44. The molecule has 0 unspecified atom stereocenters. The molecule has 2 aromatic rings. The molecule has 2 aliphatic rings. The number of benzene rings is 1. The van der Waals surface area contributed by atoms with Crippen LogP contribution in [0, 0.1) is 11.7 Å². The van der Waals surface area contributed by atoms with Gasteiger partial charge in [-0.05, 0) is 42.4 Å². The van der Waals surface area contributed by atoms with E-state index in [1.54, 1.807) is 19.1 Å². The zero-order valence-electron chi connectivity index (χ0n) is 17.5. The lowest BCUT2D eigenvalue weighted by Crippen LogP contribution is -2.27. The first-order chi connectivity index (χ1) is 15.2. The number of sulfone groups is 1. The van der Waals surface area contributed by atoms with Crippen LogP contribution in [0.1, 0.15) is 42.9 Å². The summed E-state index contributed by atoms with van der Waals surface area (Å²) in [5.74, 6) is -0.955. The number of nitrogens with one attached hydrogen (secondary N) is 1. The molecule has 1 saturated heterocycles. The van der Waals surface area contributed by atoms with Gasteiger partial charge in [-0.2, -0.15) is 0 Å². The van der Waals surface area contributed by atoms with E-state index in [4.69, 9.17) is 9.15 Å². The van der Waals surface area contributed by atoms with Crippen molar-refractivity contribution in [1.82, 2.24) is 15.2 Å². The van der Waals surface area contributed by atoms with Crippen LogP contribution in [-0.2, 0) is 26.9 Å². The van der Waals surface area contributed by atoms with E-state index in [0.29, 0.717) is 18.1 Å². The van der Waals surface area contributed by atoms with Crippen molar-refractivity contribution in [2.45, 2.75) is 38.0 Å². The minimum atomic E-state index is -3.59. The average molecular weight is 466 g/mol. The third-order valence-electron chi connectivity index (χ3n) is 5.36. The molecule has 1 atom stereocenters. The fourth-order valence-corrected chi connectivity index (χ4v) is 5.02. The Bertz CT molecular complexity index is 1130. The van der Waals surface area contributed by atoms with Gasteiger partial charge in [0.15, 0.2) is 21.4 Å². The molecular weight excluding hydrogens is 441 g/mol. The number of ether oxygens (including phenoxy) is 1. The van der Waals surface area contributed by atoms with E-state index in [2.05, 4.69) is 10.3 Å². The molecule has 2 fully saturated rings. The summed E-state index contributed by atoms with van der Waals surface area (Å²) >= 11 is 0. The SMILES string of the molecule is C[C@@H](CS(=O)(=O)Cc1ncc(CN2CC(=O)NC2=O)o1)c1ccc(F)c(OCC2CC2)c1. The average Bonchev–Trinajstić information content (AvgIpc) is 3.36. The zero-order valence-corrected chi connectivity index (χ0v) is 18.4. The van der Waals surface area contributed by atoms with Crippen LogP contribution in [0.25, 0.3) is 0 Å². The van der Waals surface area contributed by atoms with Crippen molar-refractivity contribution in [1.29, 1.82) is 0 Å². The molecule has 1 aliphatic heterocycles. The van der Waals surface area contributed by atoms with E-state index < -0.39 is 39.3 Å². The predicted octanol–water partition coefficient (Wildman–Crippen LogP) is 2.37. The van der Waals surface area contributed by atoms with E-state index in [9.17, 15) is 22.4 Å². The lowest BCUT2D eigenvalue weighted by Gasteiger charge is -2.14. The molecule has 172 valence electrons. The molecule has 0 radical (unpaired) electrons. The lowest BCUT2D eigenvalue weighted by molar-refractivity contribution is -0.118. The van der Waals surface area contributed by atoms with Crippen LogP contribution in [0.15, 0.2) is 28.8 Å². The molecule has 1 aromatic carbocycles. The van der Waals surface area contributed by atoms with Gasteiger partial charge >= 0.3 is 6.03 Å². The Labute approximate surface area is 184 Å². The Morgan fingerprint density at radius 2 is 2.12 bits per heavy atom. The van der Waals surface area contributed by atoms with Crippen molar-refractivity contribution in [3.8, 4) is 5.75 Å². The first kappa shape index (κ1) is 22.3. The second-order valence-electron chi connectivity index (χ2n) is 8.33. The Hall–Kier alpha value is -2.95. The predicted molar refractivity (Wildman–Crippen MR) is 111 cm³/mol. The zero-order chi connectivity index (χ0) is 22.9. The summed E-state index contributed by atoms with van der Waals surface area (Å²) in [5, 5.41) is 2.15. The molecular formula is C21H24FN3O6S. The third-order valence-corrected chi connectivity index (χ3v) is 7.05. The number of rotatable bonds is 10. The minimum absolute atomic E-state index is 0.00527. The third kappa shape index (κ3) is 5.64. The van der Waals surface area contributed by atoms with Gasteiger partial charge in [0.1, 0.15) is 18.1 Å². The highest BCUT2D eigenvalue weighted by molar-refractivity contribution is 7.90. The Kier molecular flexibility index (Phi) is 6.18. The molecule has 0 bridgehead atoms. The van der Waals surface area contributed by atoms with Crippen molar-refractivity contribution in [2.24, 2.45) is 5.92 Å².